The Morgan fingerprint density at radius 3 is 2.62 bits per heavy atom. The van der Waals surface area contributed by atoms with Gasteiger partial charge in [0.2, 0.25) is 0 Å². The van der Waals surface area contributed by atoms with Crippen LogP contribution in [0.4, 0.5) is 0 Å². The zero-order valence-electron chi connectivity index (χ0n) is 13.4. The normalized spacial score (nSPS) is 19.0. The number of hydrogen-bond donors (Lipinski definition) is 1. The number of fused-ring (bicyclic) bond motifs is 1. The van der Waals surface area contributed by atoms with Gasteiger partial charge in [-0.15, -0.1) is 0 Å². The lowest BCUT2D eigenvalue weighted by Gasteiger charge is -2.34. The van der Waals surface area contributed by atoms with Gasteiger partial charge in [0, 0.05) is 23.7 Å². The molecule has 0 aromatic carbocycles. The van der Waals surface area contributed by atoms with Crippen molar-refractivity contribution in [2.24, 2.45) is 5.73 Å². The molecule has 1 fully saturated rings. The van der Waals surface area contributed by atoms with E-state index in [1.807, 2.05) is 12.4 Å². The predicted molar refractivity (Wildman–Crippen MR) is 86.2 cm³/mol. The van der Waals surface area contributed by atoms with E-state index in [0.29, 0.717) is 0 Å². The third kappa shape index (κ3) is 2.82. The summed E-state index contributed by atoms with van der Waals surface area (Å²) in [4.78, 5) is 9.05. The molecule has 2 N–H and O–H groups in total. The van der Waals surface area contributed by atoms with Crippen molar-refractivity contribution in [3.63, 3.8) is 0 Å². The fourth-order valence-corrected chi connectivity index (χ4v) is 3.60. The lowest BCUT2D eigenvalue weighted by Crippen LogP contribution is -2.45. The second kappa shape index (κ2) is 5.09. The van der Waals surface area contributed by atoms with E-state index in [9.17, 15) is 0 Å². The average molecular weight is 286 g/mol. The quantitative estimate of drug-likeness (QED) is 0.920. The molecule has 3 rings (SSSR count). The van der Waals surface area contributed by atoms with Gasteiger partial charge in [-0.2, -0.15) is 0 Å². The van der Waals surface area contributed by atoms with Crippen molar-refractivity contribution in [3.8, 4) is 0 Å². The Morgan fingerprint density at radius 2 is 1.95 bits per heavy atom. The van der Waals surface area contributed by atoms with Crippen LogP contribution < -0.4 is 5.73 Å². The summed E-state index contributed by atoms with van der Waals surface area (Å²) in [6.07, 6.45) is 10.6. The molecule has 21 heavy (non-hydrogen) atoms. The average Bonchev–Trinajstić information content (AvgIpc) is 2.76. The zero-order chi connectivity index (χ0) is 15.1. The van der Waals surface area contributed by atoms with E-state index in [1.165, 1.54) is 19.3 Å². The Balaban J connectivity index is 2.05. The van der Waals surface area contributed by atoms with E-state index in [1.54, 1.807) is 0 Å². The van der Waals surface area contributed by atoms with Gasteiger partial charge in [0.15, 0.2) is 0 Å². The molecular formula is C17H26N4. The summed E-state index contributed by atoms with van der Waals surface area (Å²) in [5.41, 5.74) is 8.70. The van der Waals surface area contributed by atoms with Crippen LogP contribution in [-0.2, 0) is 12.0 Å². The van der Waals surface area contributed by atoms with Crippen molar-refractivity contribution < 1.29 is 0 Å². The Hall–Kier alpha value is -1.42. The molecule has 2 aromatic heterocycles. The van der Waals surface area contributed by atoms with Crippen LogP contribution in [0.1, 0.15) is 58.7 Å². The molecule has 114 valence electrons. The van der Waals surface area contributed by atoms with Gasteiger partial charge in [-0.1, -0.05) is 19.3 Å². The summed E-state index contributed by atoms with van der Waals surface area (Å²) in [6, 6.07) is 2.06. The third-order valence-electron chi connectivity index (χ3n) is 4.56. The topological polar surface area (TPSA) is 56.7 Å². The second-order valence-electron chi connectivity index (χ2n) is 7.50. The highest BCUT2D eigenvalue weighted by atomic mass is 15.1. The fourth-order valence-electron chi connectivity index (χ4n) is 3.60. The van der Waals surface area contributed by atoms with Gasteiger partial charge in [0.25, 0.3) is 0 Å². The van der Waals surface area contributed by atoms with Crippen LogP contribution in [0.3, 0.4) is 0 Å². The SMILES string of the molecule is CC(C)(C)n1c(CC2(N)CCCCC2)nc2cnccc21. The molecule has 4 heteroatoms. The van der Waals surface area contributed by atoms with Gasteiger partial charge in [0.1, 0.15) is 11.3 Å². The van der Waals surface area contributed by atoms with Crippen LogP contribution in [-0.4, -0.2) is 20.1 Å². The Bertz CT molecular complexity index is 630. The summed E-state index contributed by atoms with van der Waals surface area (Å²) < 4.78 is 2.34. The number of aromatic nitrogens is 3. The highest BCUT2D eigenvalue weighted by molar-refractivity contribution is 5.75. The van der Waals surface area contributed by atoms with Gasteiger partial charge in [0.05, 0.1) is 11.7 Å². The molecular weight excluding hydrogens is 260 g/mol. The van der Waals surface area contributed by atoms with Crippen LogP contribution in [0.15, 0.2) is 18.5 Å². The molecule has 0 bridgehead atoms. The number of nitrogens with two attached hydrogens (primary N) is 1. The number of rotatable bonds is 2. The van der Waals surface area contributed by atoms with E-state index in [0.717, 1.165) is 36.1 Å². The van der Waals surface area contributed by atoms with Gasteiger partial charge in [-0.05, 0) is 39.7 Å². The molecule has 0 aliphatic heterocycles. The van der Waals surface area contributed by atoms with E-state index in [-0.39, 0.29) is 11.1 Å². The first-order valence-corrected chi connectivity index (χ1v) is 8.00. The molecule has 0 atom stereocenters. The number of hydrogen-bond acceptors (Lipinski definition) is 3. The maximum Gasteiger partial charge on any atom is 0.112 e. The number of pyridine rings is 1. The first kappa shape index (κ1) is 14.5. The highest BCUT2D eigenvalue weighted by Gasteiger charge is 2.31. The lowest BCUT2D eigenvalue weighted by atomic mass is 9.80. The maximum atomic E-state index is 6.66. The predicted octanol–water partition coefficient (Wildman–Crippen LogP) is 3.39. The highest BCUT2D eigenvalue weighted by Crippen LogP contribution is 2.32. The molecule has 1 saturated carbocycles. The van der Waals surface area contributed by atoms with Crippen molar-refractivity contribution >= 4 is 11.0 Å². The van der Waals surface area contributed by atoms with Crippen molar-refractivity contribution in [2.75, 3.05) is 0 Å². The van der Waals surface area contributed by atoms with Crippen molar-refractivity contribution in [1.82, 2.24) is 14.5 Å². The molecule has 2 heterocycles. The van der Waals surface area contributed by atoms with Crippen LogP contribution in [0.25, 0.3) is 11.0 Å². The standard InChI is InChI=1S/C17H26N4/c1-16(2,3)21-14-7-10-19-12-13(14)20-15(21)11-17(18)8-5-4-6-9-17/h7,10,12H,4-6,8-9,11,18H2,1-3H3. The first-order chi connectivity index (χ1) is 9.89. The monoisotopic (exact) mass is 286 g/mol. The summed E-state index contributed by atoms with van der Waals surface area (Å²) in [7, 11) is 0. The van der Waals surface area contributed by atoms with Gasteiger partial charge in [-0.3, -0.25) is 4.98 Å². The Labute approximate surface area is 126 Å². The van der Waals surface area contributed by atoms with Gasteiger partial charge >= 0.3 is 0 Å². The molecule has 0 unspecified atom stereocenters. The van der Waals surface area contributed by atoms with Gasteiger partial charge in [-0.25, -0.2) is 4.98 Å². The Morgan fingerprint density at radius 1 is 1.24 bits per heavy atom. The summed E-state index contributed by atoms with van der Waals surface area (Å²) in [5, 5.41) is 0. The lowest BCUT2D eigenvalue weighted by molar-refractivity contribution is 0.279. The smallest absolute Gasteiger partial charge is 0.112 e. The van der Waals surface area contributed by atoms with E-state index in [2.05, 4.69) is 36.4 Å². The van der Waals surface area contributed by atoms with Crippen molar-refractivity contribution in [1.29, 1.82) is 0 Å². The Kier molecular flexibility index (Phi) is 3.52. The molecule has 1 aliphatic rings. The van der Waals surface area contributed by atoms with Crippen LogP contribution in [0, 0.1) is 0 Å². The molecule has 0 amide bonds. The van der Waals surface area contributed by atoms with Crippen LogP contribution >= 0.6 is 0 Å². The zero-order valence-corrected chi connectivity index (χ0v) is 13.4. The summed E-state index contributed by atoms with van der Waals surface area (Å²) >= 11 is 0. The van der Waals surface area contributed by atoms with Crippen LogP contribution in [0.5, 0.6) is 0 Å². The maximum absolute atomic E-state index is 6.66. The molecule has 1 aliphatic carbocycles. The first-order valence-electron chi connectivity index (χ1n) is 8.00. The van der Waals surface area contributed by atoms with E-state index < -0.39 is 0 Å². The molecule has 0 radical (unpaired) electrons. The largest absolute Gasteiger partial charge is 0.325 e. The molecule has 2 aromatic rings. The fraction of sp³-hybridized carbons (Fsp3) is 0.647. The van der Waals surface area contributed by atoms with E-state index >= 15 is 0 Å². The van der Waals surface area contributed by atoms with Crippen LogP contribution in [0.2, 0.25) is 0 Å². The molecule has 0 saturated heterocycles. The van der Waals surface area contributed by atoms with Crippen molar-refractivity contribution in [3.05, 3.63) is 24.3 Å². The summed E-state index contributed by atoms with van der Waals surface area (Å²) in [6.45, 7) is 6.67. The minimum absolute atomic E-state index is 0.00351. The minimum atomic E-state index is -0.0872. The second-order valence-corrected chi connectivity index (χ2v) is 7.50. The minimum Gasteiger partial charge on any atom is -0.325 e. The number of imidazole rings is 1. The van der Waals surface area contributed by atoms with E-state index in [4.69, 9.17) is 10.7 Å². The van der Waals surface area contributed by atoms with Gasteiger partial charge < -0.3 is 10.3 Å². The number of nitrogens with zero attached hydrogens (tertiary/aromatic N) is 3. The third-order valence-corrected chi connectivity index (χ3v) is 4.56. The summed E-state index contributed by atoms with van der Waals surface area (Å²) in [5.74, 6) is 1.11. The molecule has 0 spiro atoms. The molecule has 4 nitrogen and oxygen atoms in total. The van der Waals surface area contributed by atoms with Crippen molar-refractivity contribution in [2.45, 2.75) is 70.4 Å².